The van der Waals surface area contributed by atoms with Crippen molar-refractivity contribution >= 4 is 78.1 Å². The Bertz CT molecular complexity index is 2520. The summed E-state index contributed by atoms with van der Waals surface area (Å²) in [6.45, 7) is 14.5. The summed E-state index contributed by atoms with van der Waals surface area (Å²) in [5.74, 6) is 0.989. The van der Waals surface area contributed by atoms with Gasteiger partial charge in [0.1, 0.15) is 12.1 Å². The molecule has 0 saturated heterocycles. The normalized spacial score (nSPS) is 17.1. The molecule has 7 aromatic rings. The molecule has 10 rings (SSSR count). The standard InChI is InChI=1S/C47H43BN4S/c1-45(2)24-25-46(3,4)36-28-38-37(27-35(36)45)47(5,6)42-40-44(50-29-49-42)52(32-20-14-9-15-21-32)41-34-26-33(22-23-39(34)53-43(41)48(38)40)51(30-16-10-7-11-17-30)31-18-12-8-13-19-31/h7-23,26-29H,24-25H2,1-6H3. The van der Waals surface area contributed by atoms with Gasteiger partial charge in [0.05, 0.1) is 11.4 Å². The maximum atomic E-state index is 5.19. The van der Waals surface area contributed by atoms with Gasteiger partial charge in [-0.3, -0.25) is 4.90 Å². The van der Waals surface area contributed by atoms with Crippen LogP contribution in [0, 0.1) is 0 Å². The first-order chi connectivity index (χ1) is 25.5. The number of aromatic nitrogens is 2. The van der Waals surface area contributed by atoms with E-state index in [4.69, 9.17) is 9.97 Å². The van der Waals surface area contributed by atoms with Gasteiger partial charge in [-0.25, -0.2) is 9.97 Å². The minimum absolute atomic E-state index is 0.0329. The Hall–Kier alpha value is -5.20. The van der Waals surface area contributed by atoms with Gasteiger partial charge < -0.3 is 4.90 Å². The number of nitrogens with zero attached hydrogens (tertiary/aromatic N) is 4. The summed E-state index contributed by atoms with van der Waals surface area (Å²) in [5, 5.41) is 1.24. The van der Waals surface area contributed by atoms with Crippen molar-refractivity contribution in [2.75, 3.05) is 9.80 Å². The second-order valence-corrected chi connectivity index (χ2v) is 18.0. The Morgan fingerprint density at radius 3 is 1.89 bits per heavy atom. The van der Waals surface area contributed by atoms with Gasteiger partial charge in [0.15, 0.2) is 0 Å². The van der Waals surface area contributed by atoms with Crippen LogP contribution in [0.5, 0.6) is 0 Å². The van der Waals surface area contributed by atoms with E-state index in [1.54, 1.807) is 6.33 Å². The molecule has 0 bridgehead atoms. The minimum Gasteiger partial charge on any atom is -0.310 e. The molecule has 0 radical (unpaired) electrons. The van der Waals surface area contributed by atoms with Crippen molar-refractivity contribution in [1.82, 2.24) is 9.97 Å². The lowest BCUT2D eigenvalue weighted by atomic mass is 9.33. The third-order valence-electron chi connectivity index (χ3n) is 12.4. The average molecular weight is 707 g/mol. The van der Waals surface area contributed by atoms with Crippen molar-refractivity contribution < 1.29 is 0 Å². The van der Waals surface area contributed by atoms with E-state index in [0.29, 0.717) is 0 Å². The summed E-state index contributed by atoms with van der Waals surface area (Å²) < 4.78 is 2.63. The van der Waals surface area contributed by atoms with Gasteiger partial charge in [-0.05, 0) is 100 Å². The molecule has 5 aromatic carbocycles. The molecule has 4 nitrogen and oxygen atoms in total. The SMILES string of the molecule is CC1(C)CCC(C)(C)c2cc3c(cc21)B1c2sc4ccc(N(c5ccccc5)c5ccccc5)cc4c2N(c2ccccc2)c2ncnc(c21)C3(C)C. The highest BCUT2D eigenvalue weighted by Crippen LogP contribution is 2.50. The summed E-state index contributed by atoms with van der Waals surface area (Å²) >= 11 is 1.93. The topological polar surface area (TPSA) is 32.3 Å². The van der Waals surface area contributed by atoms with E-state index < -0.39 is 0 Å². The first-order valence-electron chi connectivity index (χ1n) is 18.9. The third kappa shape index (κ3) is 4.74. The average Bonchev–Trinajstić information content (AvgIpc) is 3.54. The number of benzene rings is 5. The molecule has 4 heterocycles. The summed E-state index contributed by atoms with van der Waals surface area (Å²) in [6.07, 6.45) is 4.18. The largest absolute Gasteiger partial charge is 0.310 e. The number of para-hydroxylation sites is 3. The molecule has 2 aliphatic heterocycles. The van der Waals surface area contributed by atoms with E-state index in [0.717, 1.165) is 34.3 Å². The van der Waals surface area contributed by atoms with Crippen molar-refractivity contribution in [1.29, 1.82) is 0 Å². The highest BCUT2D eigenvalue weighted by molar-refractivity contribution is 7.33. The van der Waals surface area contributed by atoms with E-state index >= 15 is 0 Å². The van der Waals surface area contributed by atoms with Crippen LogP contribution in [0.2, 0.25) is 0 Å². The lowest BCUT2D eigenvalue weighted by Crippen LogP contribution is -2.64. The van der Waals surface area contributed by atoms with Crippen LogP contribution >= 0.6 is 11.3 Å². The van der Waals surface area contributed by atoms with E-state index in [2.05, 4.69) is 173 Å². The molecule has 0 unspecified atom stereocenters. The Morgan fingerprint density at radius 1 is 0.642 bits per heavy atom. The van der Waals surface area contributed by atoms with E-state index in [1.807, 2.05) is 11.3 Å². The smallest absolute Gasteiger partial charge is 0.264 e. The fraction of sp³-hybridized carbons (Fsp3) is 0.234. The Labute approximate surface area is 317 Å². The van der Waals surface area contributed by atoms with Crippen molar-refractivity contribution in [2.45, 2.75) is 70.6 Å². The van der Waals surface area contributed by atoms with Crippen LogP contribution in [0.1, 0.15) is 76.8 Å². The molecule has 0 N–H and O–H groups in total. The minimum atomic E-state index is -0.291. The fourth-order valence-corrected chi connectivity index (χ4v) is 10.8. The number of rotatable bonds is 4. The molecule has 0 amide bonds. The van der Waals surface area contributed by atoms with Crippen LogP contribution in [0.3, 0.4) is 0 Å². The zero-order chi connectivity index (χ0) is 36.3. The van der Waals surface area contributed by atoms with Crippen molar-refractivity contribution in [3.63, 3.8) is 0 Å². The van der Waals surface area contributed by atoms with Gasteiger partial charge in [-0.1, -0.05) is 114 Å². The van der Waals surface area contributed by atoms with Gasteiger partial charge in [0.25, 0.3) is 6.71 Å². The van der Waals surface area contributed by atoms with Gasteiger partial charge in [-0.15, -0.1) is 11.3 Å². The first kappa shape index (κ1) is 32.5. The molecule has 3 aliphatic rings. The molecule has 1 aliphatic carbocycles. The van der Waals surface area contributed by atoms with Crippen LogP contribution in [-0.4, -0.2) is 16.7 Å². The predicted molar refractivity (Wildman–Crippen MR) is 225 cm³/mol. The Balaban J connectivity index is 1.28. The summed E-state index contributed by atoms with van der Waals surface area (Å²) in [7, 11) is 0. The third-order valence-corrected chi connectivity index (χ3v) is 13.6. The zero-order valence-electron chi connectivity index (χ0n) is 31.3. The van der Waals surface area contributed by atoms with Crippen LogP contribution in [0.4, 0.5) is 34.3 Å². The second-order valence-electron chi connectivity index (χ2n) is 16.9. The fourth-order valence-electron chi connectivity index (χ4n) is 9.49. The number of anilines is 6. The molecule has 6 heteroatoms. The lowest BCUT2D eigenvalue weighted by molar-refractivity contribution is 0.331. The van der Waals surface area contributed by atoms with Gasteiger partial charge in [-0.2, -0.15) is 0 Å². The zero-order valence-corrected chi connectivity index (χ0v) is 32.1. The molecule has 0 atom stereocenters. The molecular formula is C47H43BN4S. The molecule has 0 fully saturated rings. The monoisotopic (exact) mass is 706 g/mol. The quantitative estimate of drug-likeness (QED) is 0.171. The molecule has 0 saturated carbocycles. The maximum absolute atomic E-state index is 5.19. The number of hydrogen-bond donors (Lipinski definition) is 0. The summed E-state index contributed by atoms with van der Waals surface area (Å²) in [4.78, 5) is 15.1. The van der Waals surface area contributed by atoms with Crippen molar-refractivity contribution in [3.8, 4) is 0 Å². The van der Waals surface area contributed by atoms with E-state index in [-0.39, 0.29) is 23.0 Å². The van der Waals surface area contributed by atoms with Crippen LogP contribution < -0.4 is 25.5 Å². The van der Waals surface area contributed by atoms with Crippen molar-refractivity contribution in [2.24, 2.45) is 0 Å². The molecule has 2 aromatic heterocycles. The Kier molecular flexibility index (Phi) is 6.98. The number of hydrogen-bond acceptors (Lipinski definition) is 5. The number of thiophene rings is 1. The van der Waals surface area contributed by atoms with E-state index in [1.165, 1.54) is 61.0 Å². The predicted octanol–water partition coefficient (Wildman–Crippen LogP) is 10.4. The molecule has 53 heavy (non-hydrogen) atoms. The Morgan fingerprint density at radius 2 is 1.25 bits per heavy atom. The van der Waals surface area contributed by atoms with Gasteiger partial charge in [0, 0.05) is 43.0 Å². The first-order valence-corrected chi connectivity index (χ1v) is 19.7. The second kappa shape index (κ2) is 11.4. The van der Waals surface area contributed by atoms with Gasteiger partial charge >= 0.3 is 0 Å². The maximum Gasteiger partial charge on any atom is 0.264 e. The van der Waals surface area contributed by atoms with Gasteiger partial charge in [0.2, 0.25) is 0 Å². The summed E-state index contributed by atoms with van der Waals surface area (Å²) in [5.41, 5.74) is 13.8. The summed E-state index contributed by atoms with van der Waals surface area (Å²) in [6, 6.07) is 44.4. The van der Waals surface area contributed by atoms with Crippen LogP contribution in [0.15, 0.2) is 128 Å². The molecular weight excluding hydrogens is 663 g/mol. The van der Waals surface area contributed by atoms with Crippen LogP contribution in [-0.2, 0) is 16.2 Å². The molecule has 260 valence electrons. The highest BCUT2D eigenvalue weighted by Gasteiger charge is 2.50. The number of fused-ring (bicyclic) bond motifs is 7. The lowest BCUT2D eigenvalue weighted by Gasteiger charge is -2.47. The highest BCUT2D eigenvalue weighted by atomic mass is 32.1. The van der Waals surface area contributed by atoms with Crippen LogP contribution in [0.25, 0.3) is 10.1 Å². The van der Waals surface area contributed by atoms with Crippen molar-refractivity contribution in [3.05, 3.63) is 150 Å². The van der Waals surface area contributed by atoms with E-state index in [9.17, 15) is 0 Å². The molecule has 0 spiro atoms.